The van der Waals surface area contributed by atoms with E-state index in [1.807, 2.05) is 42.6 Å². The number of para-hydroxylation sites is 2. The molecule has 0 atom stereocenters. The van der Waals surface area contributed by atoms with Crippen LogP contribution in [-0.4, -0.2) is 14.5 Å². The summed E-state index contributed by atoms with van der Waals surface area (Å²) in [4.78, 5) is 8.02. The number of nitrogens with zero attached hydrogens (tertiary/aromatic N) is 2. The van der Waals surface area contributed by atoms with Gasteiger partial charge in [-0.05, 0) is 36.4 Å². The quantitative estimate of drug-likeness (QED) is 0.430. The van der Waals surface area contributed by atoms with Crippen LogP contribution in [0.5, 0.6) is 0 Å². The maximum atomic E-state index is 6.34. The van der Waals surface area contributed by atoms with Gasteiger partial charge >= 0.3 is 0 Å². The minimum absolute atomic E-state index is 0.726. The van der Waals surface area contributed by atoms with Gasteiger partial charge in [-0.1, -0.05) is 48.0 Å². The van der Waals surface area contributed by atoms with Gasteiger partial charge < -0.3 is 4.98 Å². The van der Waals surface area contributed by atoms with Crippen molar-refractivity contribution >= 4 is 33.4 Å². The second kappa shape index (κ2) is 5.50. The number of H-pyrrole nitrogens is 1. The van der Waals surface area contributed by atoms with Gasteiger partial charge in [0.1, 0.15) is 5.82 Å². The highest BCUT2D eigenvalue weighted by atomic mass is 35.5. The van der Waals surface area contributed by atoms with E-state index in [1.54, 1.807) is 0 Å². The average molecular weight is 344 g/mol. The Hall–Kier alpha value is -3.04. The Kier molecular flexibility index (Phi) is 3.15. The number of hydrogen-bond acceptors (Lipinski definition) is 1. The SMILES string of the molecule is Clc1cccc2cc(-c3cc4ccccc4n3-c3ccccn3)[nH]c12. The first kappa shape index (κ1) is 14.3. The molecule has 0 saturated heterocycles. The van der Waals surface area contributed by atoms with Crippen molar-refractivity contribution in [2.24, 2.45) is 0 Å². The Balaban J connectivity index is 1.85. The third-order valence-corrected chi connectivity index (χ3v) is 4.79. The van der Waals surface area contributed by atoms with Crippen LogP contribution in [0.4, 0.5) is 0 Å². The summed E-state index contributed by atoms with van der Waals surface area (Å²) >= 11 is 6.34. The minimum Gasteiger partial charge on any atom is -0.352 e. The van der Waals surface area contributed by atoms with Gasteiger partial charge in [-0.3, -0.25) is 4.57 Å². The molecule has 0 radical (unpaired) electrons. The summed E-state index contributed by atoms with van der Waals surface area (Å²) in [5.41, 5.74) is 4.16. The number of rotatable bonds is 2. The lowest BCUT2D eigenvalue weighted by atomic mass is 10.2. The second-order valence-electron chi connectivity index (χ2n) is 6.00. The summed E-state index contributed by atoms with van der Waals surface area (Å²) in [5.74, 6) is 0.892. The van der Waals surface area contributed by atoms with Crippen LogP contribution in [0.25, 0.3) is 39.0 Å². The molecule has 0 aliphatic rings. The number of pyridine rings is 1. The number of nitrogens with one attached hydrogen (secondary N) is 1. The number of benzene rings is 2. The number of fused-ring (bicyclic) bond motifs is 2. The first-order valence-electron chi connectivity index (χ1n) is 8.11. The number of halogens is 1. The third kappa shape index (κ3) is 2.24. The van der Waals surface area contributed by atoms with E-state index in [-0.39, 0.29) is 0 Å². The Bertz CT molecular complexity index is 1200. The van der Waals surface area contributed by atoms with Gasteiger partial charge in [-0.15, -0.1) is 0 Å². The monoisotopic (exact) mass is 343 g/mol. The normalized spacial score (nSPS) is 11.4. The van der Waals surface area contributed by atoms with E-state index >= 15 is 0 Å². The highest BCUT2D eigenvalue weighted by Gasteiger charge is 2.15. The fourth-order valence-electron chi connectivity index (χ4n) is 3.34. The van der Waals surface area contributed by atoms with Gasteiger partial charge in [0.25, 0.3) is 0 Å². The lowest BCUT2D eigenvalue weighted by Gasteiger charge is -2.08. The largest absolute Gasteiger partial charge is 0.352 e. The lowest BCUT2D eigenvalue weighted by Crippen LogP contribution is -1.98. The number of aromatic nitrogens is 3. The molecule has 0 spiro atoms. The van der Waals surface area contributed by atoms with E-state index in [0.717, 1.165) is 38.6 Å². The van der Waals surface area contributed by atoms with Crippen molar-refractivity contribution in [3.8, 4) is 17.2 Å². The Morgan fingerprint density at radius 2 is 1.68 bits per heavy atom. The molecular formula is C21H14ClN3. The first-order chi connectivity index (χ1) is 12.3. The smallest absolute Gasteiger partial charge is 0.137 e. The van der Waals surface area contributed by atoms with E-state index < -0.39 is 0 Å². The lowest BCUT2D eigenvalue weighted by molar-refractivity contribution is 1.04. The molecule has 0 fully saturated rings. The van der Waals surface area contributed by atoms with Crippen LogP contribution < -0.4 is 0 Å². The zero-order valence-electron chi connectivity index (χ0n) is 13.3. The molecule has 0 unspecified atom stereocenters. The summed E-state index contributed by atoms with van der Waals surface area (Å²) < 4.78 is 2.17. The van der Waals surface area contributed by atoms with E-state index in [2.05, 4.69) is 50.9 Å². The average Bonchev–Trinajstić information content (AvgIpc) is 3.24. The van der Waals surface area contributed by atoms with Crippen LogP contribution in [0, 0.1) is 0 Å². The zero-order valence-corrected chi connectivity index (χ0v) is 14.0. The Morgan fingerprint density at radius 1 is 0.840 bits per heavy atom. The molecule has 0 aliphatic heterocycles. The Labute approximate surface area is 149 Å². The van der Waals surface area contributed by atoms with Gasteiger partial charge in [-0.25, -0.2) is 4.98 Å². The molecule has 5 aromatic rings. The highest BCUT2D eigenvalue weighted by Crippen LogP contribution is 2.33. The summed E-state index contributed by atoms with van der Waals surface area (Å²) in [7, 11) is 0. The fourth-order valence-corrected chi connectivity index (χ4v) is 3.57. The molecule has 3 heterocycles. The molecule has 0 bridgehead atoms. The van der Waals surface area contributed by atoms with Crippen molar-refractivity contribution in [2.75, 3.05) is 0 Å². The molecule has 120 valence electrons. The van der Waals surface area contributed by atoms with E-state index in [4.69, 9.17) is 11.6 Å². The summed E-state index contributed by atoms with van der Waals surface area (Å²) in [5, 5.41) is 3.00. The van der Waals surface area contributed by atoms with Crippen LogP contribution in [0.1, 0.15) is 0 Å². The van der Waals surface area contributed by atoms with Gasteiger partial charge in [0.2, 0.25) is 0 Å². The third-order valence-electron chi connectivity index (χ3n) is 4.47. The first-order valence-corrected chi connectivity index (χ1v) is 8.48. The topological polar surface area (TPSA) is 33.6 Å². The molecular weight excluding hydrogens is 330 g/mol. The van der Waals surface area contributed by atoms with Crippen LogP contribution in [0.15, 0.2) is 79.0 Å². The fraction of sp³-hybridized carbons (Fsp3) is 0. The van der Waals surface area contributed by atoms with E-state index in [0.29, 0.717) is 0 Å². The number of hydrogen-bond donors (Lipinski definition) is 1. The highest BCUT2D eigenvalue weighted by molar-refractivity contribution is 6.35. The van der Waals surface area contributed by atoms with Crippen LogP contribution >= 0.6 is 11.6 Å². The number of aromatic amines is 1. The van der Waals surface area contributed by atoms with E-state index in [1.165, 1.54) is 5.39 Å². The van der Waals surface area contributed by atoms with Crippen molar-refractivity contribution in [3.05, 3.63) is 84.0 Å². The van der Waals surface area contributed by atoms with Gasteiger partial charge in [0.05, 0.1) is 27.4 Å². The van der Waals surface area contributed by atoms with Crippen molar-refractivity contribution < 1.29 is 0 Å². The standard InChI is InChI=1S/C21H14ClN3/c22-16-8-5-7-15-12-17(24-21(15)16)19-13-14-6-1-2-9-18(14)25(19)20-10-3-4-11-23-20/h1-13,24H. The van der Waals surface area contributed by atoms with Crippen LogP contribution in [-0.2, 0) is 0 Å². The molecule has 3 aromatic heterocycles. The molecule has 0 aliphatic carbocycles. The summed E-state index contributed by atoms with van der Waals surface area (Å²) in [6.45, 7) is 0. The maximum Gasteiger partial charge on any atom is 0.137 e. The summed E-state index contributed by atoms with van der Waals surface area (Å²) in [6.07, 6.45) is 1.82. The van der Waals surface area contributed by atoms with E-state index in [9.17, 15) is 0 Å². The predicted molar refractivity (Wildman–Crippen MR) is 103 cm³/mol. The molecule has 25 heavy (non-hydrogen) atoms. The van der Waals surface area contributed by atoms with Gasteiger partial charge in [-0.2, -0.15) is 0 Å². The van der Waals surface area contributed by atoms with Crippen molar-refractivity contribution in [2.45, 2.75) is 0 Å². The molecule has 0 amide bonds. The van der Waals surface area contributed by atoms with Crippen molar-refractivity contribution in [1.29, 1.82) is 0 Å². The molecule has 4 heteroatoms. The molecule has 1 N–H and O–H groups in total. The Morgan fingerprint density at radius 3 is 2.52 bits per heavy atom. The van der Waals surface area contributed by atoms with Gasteiger partial charge in [0, 0.05) is 17.0 Å². The zero-order chi connectivity index (χ0) is 16.8. The van der Waals surface area contributed by atoms with Gasteiger partial charge in [0.15, 0.2) is 0 Å². The van der Waals surface area contributed by atoms with Crippen molar-refractivity contribution in [1.82, 2.24) is 14.5 Å². The van der Waals surface area contributed by atoms with Crippen molar-refractivity contribution in [3.63, 3.8) is 0 Å². The molecule has 0 saturated carbocycles. The minimum atomic E-state index is 0.726. The maximum absolute atomic E-state index is 6.34. The van der Waals surface area contributed by atoms with Crippen LogP contribution in [0.2, 0.25) is 5.02 Å². The predicted octanol–water partition coefficient (Wildman–Crippen LogP) is 5.83. The molecule has 2 aromatic carbocycles. The second-order valence-corrected chi connectivity index (χ2v) is 6.41. The summed E-state index contributed by atoms with van der Waals surface area (Å²) in [6, 6.07) is 24.5. The molecule has 3 nitrogen and oxygen atoms in total. The molecule has 5 rings (SSSR count). The van der Waals surface area contributed by atoms with Crippen LogP contribution in [0.3, 0.4) is 0 Å².